The fraction of sp³-hybridized carbons (Fsp3) is 0.375. The largest absolute Gasteiger partial charge is 0.505 e. The topological polar surface area (TPSA) is 88.0 Å². The van der Waals surface area contributed by atoms with Crippen molar-refractivity contribution in [3.63, 3.8) is 0 Å². The molecule has 1 aliphatic carbocycles. The Balaban J connectivity index is 1.75. The first-order valence-corrected chi connectivity index (χ1v) is 7.64. The highest BCUT2D eigenvalue weighted by atomic mass is 19.4. The average Bonchev–Trinajstić information content (AvgIpc) is 2.54. The van der Waals surface area contributed by atoms with Crippen LogP contribution in [-0.2, 0) is 11.6 Å². The lowest BCUT2D eigenvalue weighted by Gasteiger charge is -2.41. The zero-order chi connectivity index (χ0) is 18.1. The number of nitrogens with one attached hydrogen (secondary N) is 1. The fourth-order valence-corrected chi connectivity index (χ4v) is 2.78. The van der Waals surface area contributed by atoms with Crippen molar-refractivity contribution in [3.8, 4) is 5.75 Å². The van der Waals surface area contributed by atoms with E-state index >= 15 is 0 Å². The summed E-state index contributed by atoms with van der Waals surface area (Å²) < 4.78 is 38.6. The highest BCUT2D eigenvalue weighted by Gasteiger charge is 2.42. The Bertz CT molecular complexity index is 774. The van der Waals surface area contributed by atoms with Gasteiger partial charge in [-0.15, -0.1) is 0 Å². The first-order chi connectivity index (χ1) is 11.8. The second kappa shape index (κ2) is 6.30. The van der Waals surface area contributed by atoms with Gasteiger partial charge in [0.1, 0.15) is 5.69 Å². The van der Waals surface area contributed by atoms with Crippen molar-refractivity contribution in [1.29, 1.82) is 0 Å². The van der Waals surface area contributed by atoms with Crippen LogP contribution in [0.25, 0.3) is 0 Å². The van der Waals surface area contributed by atoms with Gasteiger partial charge in [0.15, 0.2) is 5.75 Å². The van der Waals surface area contributed by atoms with Crippen LogP contribution in [0.5, 0.6) is 5.75 Å². The summed E-state index contributed by atoms with van der Waals surface area (Å²) in [5.41, 5.74) is -1.24. The number of aromatic nitrogens is 3. The molecule has 1 saturated carbocycles. The van der Waals surface area contributed by atoms with Crippen LogP contribution in [0, 0.1) is 0 Å². The minimum Gasteiger partial charge on any atom is -0.505 e. The summed E-state index contributed by atoms with van der Waals surface area (Å²) in [6.45, 7) is 0.143. The number of hydrogen-bond acceptors (Lipinski definition) is 5. The van der Waals surface area contributed by atoms with E-state index in [1.165, 1.54) is 6.07 Å². The summed E-state index contributed by atoms with van der Waals surface area (Å²) >= 11 is 0. The van der Waals surface area contributed by atoms with Crippen molar-refractivity contribution >= 4 is 5.91 Å². The van der Waals surface area contributed by atoms with Crippen LogP contribution >= 0.6 is 0 Å². The Labute approximate surface area is 141 Å². The number of hydrogen-bond donors (Lipinski definition) is 2. The predicted octanol–water partition coefficient (Wildman–Crippen LogP) is 2.45. The number of carbonyl (C=O) groups excluding carboxylic acids is 1. The third-order valence-electron chi connectivity index (χ3n) is 4.32. The van der Waals surface area contributed by atoms with Crippen molar-refractivity contribution < 1.29 is 23.1 Å². The molecule has 1 fully saturated rings. The quantitative estimate of drug-likeness (QED) is 0.882. The van der Waals surface area contributed by atoms with Crippen LogP contribution in [0.3, 0.4) is 0 Å². The summed E-state index contributed by atoms with van der Waals surface area (Å²) in [5, 5.41) is 11.8. The van der Waals surface area contributed by atoms with Crippen LogP contribution in [0.15, 0.2) is 30.6 Å². The molecule has 0 aromatic carbocycles. The van der Waals surface area contributed by atoms with Crippen molar-refractivity contribution in [3.05, 3.63) is 47.8 Å². The van der Waals surface area contributed by atoms with E-state index in [0.717, 1.165) is 24.9 Å². The fourth-order valence-electron chi connectivity index (χ4n) is 2.78. The highest BCUT2D eigenvalue weighted by Crippen LogP contribution is 2.43. The second-order valence-electron chi connectivity index (χ2n) is 5.99. The van der Waals surface area contributed by atoms with Crippen LogP contribution < -0.4 is 5.32 Å². The summed E-state index contributed by atoms with van der Waals surface area (Å²) in [5.74, 6) is -0.845. The molecule has 9 heteroatoms. The number of alkyl halides is 3. The number of nitrogens with zero attached hydrogens (tertiary/aromatic N) is 3. The van der Waals surface area contributed by atoms with E-state index in [1.807, 2.05) is 0 Å². The van der Waals surface area contributed by atoms with Gasteiger partial charge in [0.05, 0.1) is 12.4 Å². The lowest BCUT2D eigenvalue weighted by Crippen LogP contribution is -2.46. The standard InChI is InChI=1S/C16H15F3N4O2/c17-16(18,19)12-4-1-3-11(23-12)15(5-2-6-15)9-22-14(25)13-20-7-10(24)8-21-13/h1,3-4,7-8,24H,2,5-6,9H2,(H,22,25). The highest BCUT2D eigenvalue weighted by molar-refractivity contribution is 5.90. The molecule has 0 saturated heterocycles. The molecule has 0 radical (unpaired) electrons. The molecule has 25 heavy (non-hydrogen) atoms. The van der Waals surface area contributed by atoms with Gasteiger partial charge in [-0.05, 0) is 25.0 Å². The minimum atomic E-state index is -4.51. The molecule has 2 aromatic heterocycles. The molecule has 0 aliphatic heterocycles. The molecule has 2 N–H and O–H groups in total. The van der Waals surface area contributed by atoms with E-state index < -0.39 is 23.2 Å². The monoisotopic (exact) mass is 352 g/mol. The number of halogens is 3. The van der Waals surface area contributed by atoms with Gasteiger partial charge < -0.3 is 10.4 Å². The van der Waals surface area contributed by atoms with Gasteiger partial charge >= 0.3 is 6.18 Å². The summed E-state index contributed by atoms with van der Waals surface area (Å²) in [6, 6.07) is 3.81. The molecule has 2 heterocycles. The van der Waals surface area contributed by atoms with Crippen LogP contribution in [0.4, 0.5) is 13.2 Å². The Kier molecular flexibility index (Phi) is 4.32. The van der Waals surface area contributed by atoms with E-state index in [4.69, 9.17) is 5.11 Å². The number of amides is 1. The molecular weight excluding hydrogens is 337 g/mol. The summed E-state index contributed by atoms with van der Waals surface area (Å²) in [4.78, 5) is 23.3. The Morgan fingerprint density at radius 1 is 1.24 bits per heavy atom. The molecule has 2 aromatic rings. The smallest absolute Gasteiger partial charge is 0.433 e. The first-order valence-electron chi connectivity index (χ1n) is 7.64. The molecule has 0 unspecified atom stereocenters. The molecule has 0 atom stereocenters. The van der Waals surface area contributed by atoms with E-state index in [0.29, 0.717) is 18.5 Å². The van der Waals surface area contributed by atoms with Gasteiger partial charge in [-0.2, -0.15) is 13.2 Å². The number of rotatable bonds is 4. The predicted molar refractivity (Wildman–Crippen MR) is 80.8 cm³/mol. The lowest BCUT2D eigenvalue weighted by molar-refractivity contribution is -0.141. The van der Waals surface area contributed by atoms with E-state index in [9.17, 15) is 18.0 Å². The molecule has 1 amide bonds. The number of carbonyl (C=O) groups is 1. The molecule has 0 bridgehead atoms. The van der Waals surface area contributed by atoms with Crippen molar-refractivity contribution in [2.75, 3.05) is 6.54 Å². The number of pyridine rings is 1. The Morgan fingerprint density at radius 2 is 1.92 bits per heavy atom. The zero-order valence-corrected chi connectivity index (χ0v) is 13.0. The van der Waals surface area contributed by atoms with Gasteiger partial charge in [-0.3, -0.25) is 4.79 Å². The van der Waals surface area contributed by atoms with Crippen LogP contribution in [0.2, 0.25) is 0 Å². The third-order valence-corrected chi connectivity index (χ3v) is 4.32. The van der Waals surface area contributed by atoms with Gasteiger partial charge in [-0.1, -0.05) is 12.5 Å². The minimum absolute atomic E-state index is 0.121. The van der Waals surface area contributed by atoms with Gasteiger partial charge in [-0.25, -0.2) is 15.0 Å². The maximum atomic E-state index is 12.9. The van der Waals surface area contributed by atoms with E-state index in [2.05, 4.69) is 20.3 Å². The molecule has 132 valence electrons. The van der Waals surface area contributed by atoms with Gasteiger partial charge in [0.25, 0.3) is 5.91 Å². The maximum Gasteiger partial charge on any atom is 0.433 e. The second-order valence-corrected chi connectivity index (χ2v) is 5.99. The third kappa shape index (κ3) is 3.54. The molecule has 6 nitrogen and oxygen atoms in total. The van der Waals surface area contributed by atoms with Crippen molar-refractivity contribution in [2.45, 2.75) is 30.9 Å². The van der Waals surface area contributed by atoms with Gasteiger partial charge in [0.2, 0.25) is 5.82 Å². The lowest BCUT2D eigenvalue weighted by atomic mass is 9.66. The van der Waals surface area contributed by atoms with Crippen molar-refractivity contribution in [2.24, 2.45) is 0 Å². The van der Waals surface area contributed by atoms with Gasteiger partial charge in [0, 0.05) is 17.7 Å². The van der Waals surface area contributed by atoms with E-state index in [-0.39, 0.29) is 18.1 Å². The SMILES string of the molecule is O=C(NCC1(c2cccc(C(F)(F)F)n2)CCC1)c1ncc(O)cn1. The molecule has 1 aliphatic rings. The Morgan fingerprint density at radius 3 is 2.48 bits per heavy atom. The number of aromatic hydroxyl groups is 1. The zero-order valence-electron chi connectivity index (χ0n) is 13.0. The van der Waals surface area contributed by atoms with Crippen LogP contribution in [0.1, 0.15) is 41.3 Å². The van der Waals surface area contributed by atoms with Crippen molar-refractivity contribution in [1.82, 2.24) is 20.3 Å². The van der Waals surface area contributed by atoms with Crippen LogP contribution in [-0.4, -0.2) is 32.5 Å². The Hall–Kier alpha value is -2.71. The normalized spacial score (nSPS) is 16.1. The molecule has 3 rings (SSSR count). The molecular formula is C16H15F3N4O2. The average molecular weight is 352 g/mol. The molecule has 0 spiro atoms. The van der Waals surface area contributed by atoms with E-state index in [1.54, 1.807) is 6.07 Å². The summed E-state index contributed by atoms with van der Waals surface area (Å²) in [7, 11) is 0. The first kappa shape index (κ1) is 17.1. The maximum absolute atomic E-state index is 12.9. The summed E-state index contributed by atoms with van der Waals surface area (Å²) in [6.07, 6.45) is -0.200.